The van der Waals surface area contributed by atoms with Crippen molar-refractivity contribution in [1.82, 2.24) is 0 Å². The van der Waals surface area contributed by atoms with E-state index in [9.17, 15) is 4.79 Å². The number of carbonyl (C=O) groups is 1. The van der Waals surface area contributed by atoms with Crippen LogP contribution in [0.2, 0.25) is 0 Å². The lowest BCUT2D eigenvalue weighted by atomic mass is 10.0. The normalized spacial score (nSPS) is 12.6. The molecule has 1 aromatic carbocycles. The highest BCUT2D eigenvalue weighted by Crippen LogP contribution is 2.23. The van der Waals surface area contributed by atoms with Gasteiger partial charge >= 0.3 is 5.97 Å². The quantitative estimate of drug-likeness (QED) is 0.790. The monoisotopic (exact) mass is 236 g/mol. The number of benzene rings is 1. The average molecular weight is 236 g/mol. The van der Waals surface area contributed by atoms with Crippen molar-refractivity contribution in [3.63, 3.8) is 0 Å². The van der Waals surface area contributed by atoms with Gasteiger partial charge in [0.25, 0.3) is 0 Å². The maximum absolute atomic E-state index is 10.6. The molecule has 1 atom stereocenters. The number of hydrogen-bond acceptors (Lipinski definition) is 2. The van der Waals surface area contributed by atoms with Gasteiger partial charge < -0.3 is 9.84 Å². The second kappa shape index (κ2) is 7.07. The van der Waals surface area contributed by atoms with E-state index in [1.165, 1.54) is 0 Å². The van der Waals surface area contributed by atoms with E-state index in [1.54, 1.807) is 0 Å². The van der Waals surface area contributed by atoms with Gasteiger partial charge in [-0.15, -0.1) is 0 Å². The predicted octanol–water partition coefficient (Wildman–Crippen LogP) is 3.27. The molecule has 0 saturated carbocycles. The fraction of sp³-hybridized carbons (Fsp3) is 0.500. The van der Waals surface area contributed by atoms with Crippen LogP contribution in [0, 0.1) is 5.92 Å². The lowest BCUT2D eigenvalue weighted by Gasteiger charge is -2.19. The number of rotatable bonds is 7. The molecular formula is C14H20O3. The Hall–Kier alpha value is -1.35. The fourth-order valence-electron chi connectivity index (χ4n) is 1.58. The SMILES string of the molecule is CC(C)COC(CCC(=O)O)c1ccccc1. The largest absolute Gasteiger partial charge is 0.481 e. The van der Waals surface area contributed by atoms with Crippen LogP contribution in [-0.2, 0) is 9.53 Å². The van der Waals surface area contributed by atoms with Gasteiger partial charge in [0, 0.05) is 13.0 Å². The zero-order valence-electron chi connectivity index (χ0n) is 10.4. The topological polar surface area (TPSA) is 46.5 Å². The summed E-state index contributed by atoms with van der Waals surface area (Å²) in [5.74, 6) is -0.329. The Balaban J connectivity index is 2.61. The molecule has 1 N–H and O–H groups in total. The third-order valence-corrected chi connectivity index (χ3v) is 2.42. The van der Waals surface area contributed by atoms with Crippen LogP contribution in [0.4, 0.5) is 0 Å². The summed E-state index contributed by atoms with van der Waals surface area (Å²) in [5.41, 5.74) is 1.05. The molecule has 1 rings (SSSR count). The molecule has 1 unspecified atom stereocenters. The van der Waals surface area contributed by atoms with E-state index in [0.29, 0.717) is 18.9 Å². The Kier molecular flexibility index (Phi) is 5.70. The first-order valence-electron chi connectivity index (χ1n) is 5.98. The second-order valence-corrected chi connectivity index (χ2v) is 4.56. The van der Waals surface area contributed by atoms with Gasteiger partial charge in [-0.1, -0.05) is 44.2 Å². The van der Waals surface area contributed by atoms with Crippen molar-refractivity contribution < 1.29 is 14.6 Å². The van der Waals surface area contributed by atoms with E-state index < -0.39 is 5.97 Å². The first-order chi connectivity index (χ1) is 8.09. The van der Waals surface area contributed by atoms with Gasteiger partial charge in [0.1, 0.15) is 0 Å². The van der Waals surface area contributed by atoms with E-state index in [2.05, 4.69) is 13.8 Å². The van der Waals surface area contributed by atoms with Gasteiger partial charge in [0.05, 0.1) is 6.10 Å². The highest BCUT2D eigenvalue weighted by atomic mass is 16.5. The van der Waals surface area contributed by atoms with E-state index in [1.807, 2.05) is 30.3 Å². The smallest absolute Gasteiger partial charge is 0.303 e. The van der Waals surface area contributed by atoms with Gasteiger partial charge in [-0.05, 0) is 17.9 Å². The van der Waals surface area contributed by atoms with Crippen LogP contribution in [0.1, 0.15) is 38.4 Å². The van der Waals surface area contributed by atoms with Crippen molar-refractivity contribution >= 4 is 5.97 Å². The third-order valence-electron chi connectivity index (χ3n) is 2.42. The fourth-order valence-corrected chi connectivity index (χ4v) is 1.58. The molecule has 17 heavy (non-hydrogen) atoms. The van der Waals surface area contributed by atoms with Crippen LogP contribution in [0.15, 0.2) is 30.3 Å². The lowest BCUT2D eigenvalue weighted by Crippen LogP contribution is -2.11. The molecule has 0 amide bonds. The van der Waals surface area contributed by atoms with Crippen molar-refractivity contribution in [3.05, 3.63) is 35.9 Å². The lowest BCUT2D eigenvalue weighted by molar-refractivity contribution is -0.137. The predicted molar refractivity (Wildman–Crippen MR) is 66.8 cm³/mol. The molecule has 0 heterocycles. The van der Waals surface area contributed by atoms with E-state index in [4.69, 9.17) is 9.84 Å². The molecule has 0 aliphatic heterocycles. The van der Waals surface area contributed by atoms with Gasteiger partial charge in [0.15, 0.2) is 0 Å². The standard InChI is InChI=1S/C14H20O3/c1-11(2)10-17-13(8-9-14(15)16)12-6-4-3-5-7-12/h3-7,11,13H,8-10H2,1-2H3,(H,15,16). The van der Waals surface area contributed by atoms with Crippen LogP contribution < -0.4 is 0 Å². The second-order valence-electron chi connectivity index (χ2n) is 4.56. The van der Waals surface area contributed by atoms with Crippen LogP contribution in [0.3, 0.4) is 0 Å². The Bertz CT molecular complexity index is 333. The molecule has 0 bridgehead atoms. The van der Waals surface area contributed by atoms with E-state index >= 15 is 0 Å². The Morgan fingerprint density at radius 2 is 1.94 bits per heavy atom. The molecular weight excluding hydrogens is 216 g/mol. The number of aliphatic carboxylic acids is 1. The summed E-state index contributed by atoms with van der Waals surface area (Å²) in [4.78, 5) is 10.6. The molecule has 94 valence electrons. The van der Waals surface area contributed by atoms with Crippen molar-refractivity contribution in [3.8, 4) is 0 Å². The van der Waals surface area contributed by atoms with Crippen LogP contribution in [-0.4, -0.2) is 17.7 Å². The summed E-state index contributed by atoms with van der Waals surface area (Å²) in [6.07, 6.45) is 0.540. The summed E-state index contributed by atoms with van der Waals surface area (Å²) < 4.78 is 5.78. The minimum Gasteiger partial charge on any atom is -0.481 e. The van der Waals surface area contributed by atoms with Crippen molar-refractivity contribution in [1.29, 1.82) is 0 Å². The van der Waals surface area contributed by atoms with Crippen LogP contribution in [0.5, 0.6) is 0 Å². The summed E-state index contributed by atoms with van der Waals surface area (Å²) >= 11 is 0. The summed E-state index contributed by atoms with van der Waals surface area (Å²) in [6.45, 7) is 4.82. The number of hydrogen-bond donors (Lipinski definition) is 1. The molecule has 0 aliphatic rings. The number of carboxylic acid groups (broad SMARTS) is 1. The third kappa shape index (κ3) is 5.50. The Morgan fingerprint density at radius 1 is 1.29 bits per heavy atom. The van der Waals surface area contributed by atoms with Crippen LogP contribution >= 0.6 is 0 Å². The zero-order valence-corrected chi connectivity index (χ0v) is 10.4. The molecule has 0 spiro atoms. The number of carboxylic acids is 1. The molecule has 0 fully saturated rings. The maximum atomic E-state index is 10.6. The first-order valence-corrected chi connectivity index (χ1v) is 5.98. The van der Waals surface area contributed by atoms with E-state index in [0.717, 1.165) is 5.56 Å². The Labute approximate surface area is 102 Å². The highest BCUT2D eigenvalue weighted by molar-refractivity contribution is 5.66. The van der Waals surface area contributed by atoms with Crippen molar-refractivity contribution in [2.75, 3.05) is 6.61 Å². The molecule has 3 heteroatoms. The Morgan fingerprint density at radius 3 is 2.47 bits per heavy atom. The summed E-state index contributed by atoms with van der Waals surface area (Å²) in [7, 11) is 0. The van der Waals surface area contributed by atoms with Gasteiger partial charge in [-0.25, -0.2) is 0 Å². The molecule has 0 aliphatic carbocycles. The molecule has 3 nitrogen and oxygen atoms in total. The highest BCUT2D eigenvalue weighted by Gasteiger charge is 2.14. The molecule has 0 saturated heterocycles. The van der Waals surface area contributed by atoms with Crippen molar-refractivity contribution in [2.24, 2.45) is 5.92 Å². The van der Waals surface area contributed by atoms with Gasteiger partial charge in [-0.3, -0.25) is 4.79 Å². The molecule has 0 aromatic heterocycles. The van der Waals surface area contributed by atoms with Gasteiger partial charge in [0.2, 0.25) is 0 Å². The molecule has 1 aromatic rings. The van der Waals surface area contributed by atoms with Crippen LogP contribution in [0.25, 0.3) is 0 Å². The van der Waals surface area contributed by atoms with E-state index in [-0.39, 0.29) is 12.5 Å². The zero-order chi connectivity index (χ0) is 12.7. The maximum Gasteiger partial charge on any atom is 0.303 e. The van der Waals surface area contributed by atoms with Gasteiger partial charge in [-0.2, -0.15) is 0 Å². The first kappa shape index (κ1) is 13.7. The molecule has 0 radical (unpaired) electrons. The summed E-state index contributed by atoms with van der Waals surface area (Å²) in [5, 5.41) is 8.73. The minimum atomic E-state index is -0.779. The summed E-state index contributed by atoms with van der Waals surface area (Å²) in [6, 6.07) is 9.80. The average Bonchev–Trinajstić information content (AvgIpc) is 2.29. The van der Waals surface area contributed by atoms with Crippen molar-refractivity contribution in [2.45, 2.75) is 32.8 Å². The minimum absolute atomic E-state index is 0.116. The number of ether oxygens (including phenoxy) is 1.